The van der Waals surface area contributed by atoms with Crippen LogP contribution < -0.4 is 0 Å². The molecular weight excluding hydrogens is 392 g/mol. The molecule has 1 aliphatic heterocycles. The summed E-state index contributed by atoms with van der Waals surface area (Å²) in [5.74, 6) is 1.47. The molecule has 2 aromatic carbocycles. The van der Waals surface area contributed by atoms with E-state index in [2.05, 4.69) is 71.9 Å². The molecule has 0 radical (unpaired) electrons. The molecule has 1 aliphatic rings. The van der Waals surface area contributed by atoms with E-state index in [0.29, 0.717) is 17.6 Å². The standard InChI is InChI=1S/C29H40N2O/c1-25(32)14-8-4-2-3-5-13-21-30-24-31-22-19-28(20-23-31)29(26-15-9-6-10-16-26)27-17-11-7-12-18-27/h6-7,9-12,15-18,24,28-29H,2-5,8,13-14,19-23H2,1H3. The van der Waals surface area contributed by atoms with Gasteiger partial charge in [0.2, 0.25) is 0 Å². The maximum Gasteiger partial charge on any atom is 0.129 e. The third-order valence-corrected chi connectivity index (χ3v) is 6.67. The van der Waals surface area contributed by atoms with Crippen molar-refractivity contribution in [2.75, 3.05) is 19.6 Å². The van der Waals surface area contributed by atoms with Crippen LogP contribution in [-0.4, -0.2) is 36.7 Å². The molecule has 3 heteroatoms. The number of piperidine rings is 1. The number of aliphatic imine (C=N–C) groups is 1. The monoisotopic (exact) mass is 432 g/mol. The summed E-state index contributed by atoms with van der Waals surface area (Å²) in [5, 5.41) is 0. The van der Waals surface area contributed by atoms with E-state index in [9.17, 15) is 4.79 Å². The van der Waals surface area contributed by atoms with Gasteiger partial charge in [-0.25, -0.2) is 0 Å². The van der Waals surface area contributed by atoms with Crippen molar-refractivity contribution in [2.24, 2.45) is 10.9 Å². The molecule has 0 spiro atoms. The second-order valence-corrected chi connectivity index (χ2v) is 9.27. The molecule has 172 valence electrons. The predicted octanol–water partition coefficient (Wildman–Crippen LogP) is 6.88. The van der Waals surface area contributed by atoms with E-state index in [0.717, 1.165) is 32.5 Å². The Morgan fingerprint density at radius 1 is 0.875 bits per heavy atom. The van der Waals surface area contributed by atoms with Crippen LogP contribution in [0.2, 0.25) is 0 Å². The molecule has 1 heterocycles. The van der Waals surface area contributed by atoms with Gasteiger partial charge in [0.15, 0.2) is 0 Å². The fourth-order valence-corrected chi connectivity index (χ4v) is 4.88. The summed E-state index contributed by atoms with van der Waals surface area (Å²) >= 11 is 0. The largest absolute Gasteiger partial charge is 0.363 e. The molecule has 1 saturated heterocycles. The number of carbonyl (C=O) groups excluding carboxylic acids is 1. The molecule has 0 N–H and O–H groups in total. The summed E-state index contributed by atoms with van der Waals surface area (Å²) in [6.07, 6.45) is 12.4. The SMILES string of the molecule is CC(=O)CCCCCCCCN=CN1CCC(C(c2ccccc2)c2ccccc2)CC1. The third kappa shape index (κ3) is 8.26. The molecule has 0 atom stereocenters. The van der Waals surface area contributed by atoms with Gasteiger partial charge in [0.25, 0.3) is 0 Å². The predicted molar refractivity (Wildman–Crippen MR) is 135 cm³/mol. The average Bonchev–Trinajstić information content (AvgIpc) is 2.82. The minimum atomic E-state index is 0.319. The van der Waals surface area contributed by atoms with Crippen LogP contribution in [-0.2, 0) is 4.79 Å². The van der Waals surface area contributed by atoms with Gasteiger partial charge in [-0.1, -0.05) is 86.3 Å². The molecule has 1 fully saturated rings. The number of Topliss-reactive ketones (excluding diaryl/α,β-unsaturated/α-hetero) is 1. The molecule has 0 aliphatic carbocycles. The Morgan fingerprint density at radius 2 is 1.41 bits per heavy atom. The van der Waals surface area contributed by atoms with Gasteiger partial charge in [0, 0.05) is 32.0 Å². The lowest BCUT2D eigenvalue weighted by molar-refractivity contribution is -0.117. The van der Waals surface area contributed by atoms with Gasteiger partial charge in [-0.05, 0) is 49.7 Å². The van der Waals surface area contributed by atoms with Gasteiger partial charge in [-0.2, -0.15) is 0 Å². The first kappa shape index (κ1) is 24.2. The molecule has 2 aromatic rings. The van der Waals surface area contributed by atoms with Crippen molar-refractivity contribution in [1.29, 1.82) is 0 Å². The quantitative estimate of drug-likeness (QED) is 0.196. The van der Waals surface area contributed by atoms with Crippen LogP contribution in [0.25, 0.3) is 0 Å². The lowest BCUT2D eigenvalue weighted by Crippen LogP contribution is -2.35. The number of rotatable bonds is 13. The van der Waals surface area contributed by atoms with Gasteiger partial charge in [-0.3, -0.25) is 4.99 Å². The molecule has 0 aromatic heterocycles. The Bertz CT molecular complexity index is 755. The molecule has 0 bridgehead atoms. The molecule has 32 heavy (non-hydrogen) atoms. The van der Waals surface area contributed by atoms with Crippen LogP contribution in [0.4, 0.5) is 0 Å². The second-order valence-electron chi connectivity index (χ2n) is 9.27. The zero-order chi connectivity index (χ0) is 22.4. The van der Waals surface area contributed by atoms with E-state index >= 15 is 0 Å². The Kier molecular flexibility index (Phi) is 10.5. The summed E-state index contributed by atoms with van der Waals surface area (Å²) in [6, 6.07) is 22.0. The third-order valence-electron chi connectivity index (χ3n) is 6.67. The first-order valence-electron chi connectivity index (χ1n) is 12.6. The van der Waals surface area contributed by atoms with Crippen molar-refractivity contribution in [1.82, 2.24) is 4.90 Å². The first-order valence-corrected chi connectivity index (χ1v) is 12.6. The van der Waals surface area contributed by atoms with Crippen molar-refractivity contribution in [3.63, 3.8) is 0 Å². The number of hydrogen-bond donors (Lipinski definition) is 0. The smallest absolute Gasteiger partial charge is 0.129 e. The minimum absolute atomic E-state index is 0.319. The fourth-order valence-electron chi connectivity index (χ4n) is 4.88. The molecular formula is C29H40N2O. The van der Waals surface area contributed by atoms with Crippen molar-refractivity contribution < 1.29 is 4.79 Å². The average molecular weight is 433 g/mol. The fraction of sp³-hybridized carbons (Fsp3) is 0.517. The summed E-state index contributed by atoms with van der Waals surface area (Å²) in [7, 11) is 0. The number of ketones is 1. The second kappa shape index (κ2) is 13.9. The lowest BCUT2D eigenvalue weighted by Gasteiger charge is -2.36. The van der Waals surface area contributed by atoms with Crippen LogP contribution in [0.15, 0.2) is 65.7 Å². The number of unbranched alkanes of at least 4 members (excludes halogenated alkanes) is 5. The van der Waals surface area contributed by atoms with Gasteiger partial charge >= 0.3 is 0 Å². The molecule has 0 amide bonds. The topological polar surface area (TPSA) is 32.7 Å². The molecule has 0 unspecified atom stereocenters. The molecule has 3 rings (SSSR count). The van der Waals surface area contributed by atoms with Crippen LogP contribution in [0.1, 0.15) is 81.8 Å². The van der Waals surface area contributed by atoms with E-state index in [-0.39, 0.29) is 0 Å². The Balaban J connectivity index is 1.38. The highest BCUT2D eigenvalue weighted by Gasteiger charge is 2.28. The van der Waals surface area contributed by atoms with Crippen molar-refractivity contribution >= 4 is 12.1 Å². The minimum Gasteiger partial charge on any atom is -0.363 e. The zero-order valence-electron chi connectivity index (χ0n) is 19.8. The maximum atomic E-state index is 10.9. The van der Waals surface area contributed by atoms with Crippen LogP contribution in [0.5, 0.6) is 0 Å². The van der Waals surface area contributed by atoms with Gasteiger partial charge in [-0.15, -0.1) is 0 Å². The van der Waals surface area contributed by atoms with Crippen molar-refractivity contribution in [3.8, 4) is 0 Å². The first-order chi connectivity index (χ1) is 15.7. The van der Waals surface area contributed by atoms with E-state index in [1.807, 2.05) is 0 Å². The number of hydrogen-bond acceptors (Lipinski definition) is 2. The normalized spacial score (nSPS) is 15.0. The van der Waals surface area contributed by atoms with E-state index < -0.39 is 0 Å². The molecule has 3 nitrogen and oxygen atoms in total. The van der Waals surface area contributed by atoms with Crippen LogP contribution >= 0.6 is 0 Å². The summed E-state index contributed by atoms with van der Waals surface area (Å²) in [5.41, 5.74) is 2.87. The van der Waals surface area contributed by atoms with Gasteiger partial charge in [0.1, 0.15) is 5.78 Å². The van der Waals surface area contributed by atoms with Gasteiger partial charge < -0.3 is 9.69 Å². The highest BCUT2D eigenvalue weighted by atomic mass is 16.1. The Hall–Kier alpha value is -2.42. The maximum absolute atomic E-state index is 10.9. The summed E-state index contributed by atoms with van der Waals surface area (Å²) in [6.45, 7) is 4.82. The van der Waals surface area contributed by atoms with Gasteiger partial charge in [0.05, 0.1) is 6.34 Å². The van der Waals surface area contributed by atoms with E-state index in [4.69, 9.17) is 4.99 Å². The van der Waals surface area contributed by atoms with Crippen molar-refractivity contribution in [2.45, 2.75) is 70.6 Å². The summed E-state index contributed by atoms with van der Waals surface area (Å²) < 4.78 is 0. The molecule has 0 saturated carbocycles. The Labute approximate surface area is 195 Å². The van der Waals surface area contributed by atoms with E-state index in [1.165, 1.54) is 56.1 Å². The highest BCUT2D eigenvalue weighted by molar-refractivity contribution is 5.75. The van der Waals surface area contributed by atoms with Crippen LogP contribution in [0, 0.1) is 5.92 Å². The highest BCUT2D eigenvalue weighted by Crippen LogP contribution is 2.37. The number of likely N-dealkylation sites (tertiary alicyclic amines) is 1. The summed E-state index contributed by atoms with van der Waals surface area (Å²) in [4.78, 5) is 18.0. The lowest BCUT2D eigenvalue weighted by atomic mass is 9.76. The Morgan fingerprint density at radius 3 is 1.97 bits per heavy atom. The zero-order valence-corrected chi connectivity index (χ0v) is 19.8. The number of nitrogens with zero attached hydrogens (tertiary/aromatic N) is 2. The number of carbonyl (C=O) groups is 1. The van der Waals surface area contributed by atoms with Crippen LogP contribution in [0.3, 0.4) is 0 Å². The van der Waals surface area contributed by atoms with Crippen molar-refractivity contribution in [3.05, 3.63) is 71.8 Å². The van der Waals surface area contributed by atoms with E-state index in [1.54, 1.807) is 6.92 Å². The number of benzene rings is 2.